The summed E-state index contributed by atoms with van der Waals surface area (Å²) in [7, 11) is 1.67. The molecule has 0 saturated carbocycles. The number of aromatic nitrogens is 1. The molecule has 29 heavy (non-hydrogen) atoms. The Bertz CT molecular complexity index is 954. The van der Waals surface area contributed by atoms with Crippen LogP contribution in [0.15, 0.2) is 72.9 Å². The second kappa shape index (κ2) is 8.91. The van der Waals surface area contributed by atoms with E-state index in [9.17, 15) is 4.79 Å². The van der Waals surface area contributed by atoms with Gasteiger partial charge in [0.15, 0.2) is 0 Å². The minimum Gasteiger partial charge on any atom is -0.497 e. The molecule has 1 unspecified atom stereocenters. The van der Waals surface area contributed by atoms with Gasteiger partial charge in [0.2, 0.25) is 5.91 Å². The van der Waals surface area contributed by atoms with Crippen LogP contribution in [0.4, 0.5) is 0 Å². The van der Waals surface area contributed by atoms with Crippen molar-refractivity contribution in [1.29, 1.82) is 0 Å². The average Bonchev–Trinajstić information content (AvgIpc) is 2.80. The van der Waals surface area contributed by atoms with Crippen molar-refractivity contribution in [2.45, 2.75) is 31.7 Å². The van der Waals surface area contributed by atoms with Gasteiger partial charge in [-0.1, -0.05) is 48.5 Å². The molecule has 4 heteroatoms. The summed E-state index contributed by atoms with van der Waals surface area (Å²) >= 11 is 0. The topological polar surface area (TPSA) is 42.4 Å². The zero-order valence-electron chi connectivity index (χ0n) is 16.8. The first-order valence-corrected chi connectivity index (χ1v) is 10.2. The molecule has 1 fully saturated rings. The number of ether oxygens (including phenoxy) is 1. The average molecular weight is 386 g/mol. The summed E-state index contributed by atoms with van der Waals surface area (Å²) < 4.78 is 5.31. The number of carbonyl (C=O) groups is 1. The van der Waals surface area contributed by atoms with Crippen molar-refractivity contribution in [3.63, 3.8) is 0 Å². The molecule has 2 aromatic carbocycles. The van der Waals surface area contributed by atoms with Crippen LogP contribution in [0.2, 0.25) is 0 Å². The van der Waals surface area contributed by atoms with Gasteiger partial charge in [-0.3, -0.25) is 9.78 Å². The molecule has 1 saturated heterocycles. The summed E-state index contributed by atoms with van der Waals surface area (Å²) in [5, 5.41) is 0. The number of pyridine rings is 1. The quantitative estimate of drug-likeness (QED) is 0.616. The molecular weight excluding hydrogens is 360 g/mol. The zero-order chi connectivity index (χ0) is 20.1. The van der Waals surface area contributed by atoms with E-state index in [4.69, 9.17) is 4.74 Å². The highest BCUT2D eigenvalue weighted by Gasteiger charge is 2.28. The van der Waals surface area contributed by atoms with Crippen molar-refractivity contribution in [2.75, 3.05) is 13.7 Å². The SMILES string of the molecule is COc1cccc(-c2ccc(C3CCCCN3C(=O)Cc3ccccc3)cn2)c1. The Labute approximate surface area is 172 Å². The van der Waals surface area contributed by atoms with Gasteiger partial charge < -0.3 is 9.64 Å². The fourth-order valence-corrected chi connectivity index (χ4v) is 4.00. The summed E-state index contributed by atoms with van der Waals surface area (Å²) in [6.07, 6.45) is 5.56. The van der Waals surface area contributed by atoms with Crippen molar-refractivity contribution >= 4 is 5.91 Å². The molecule has 0 aliphatic carbocycles. The van der Waals surface area contributed by atoms with E-state index in [0.29, 0.717) is 6.42 Å². The first-order chi connectivity index (χ1) is 14.2. The van der Waals surface area contributed by atoms with Crippen LogP contribution >= 0.6 is 0 Å². The molecule has 0 bridgehead atoms. The molecule has 0 N–H and O–H groups in total. The second-order valence-corrected chi connectivity index (χ2v) is 7.47. The lowest BCUT2D eigenvalue weighted by Crippen LogP contribution is -2.39. The Kier molecular flexibility index (Phi) is 5.89. The fourth-order valence-electron chi connectivity index (χ4n) is 4.00. The molecule has 3 aromatic rings. The number of hydrogen-bond donors (Lipinski definition) is 0. The van der Waals surface area contributed by atoms with Gasteiger partial charge in [-0.15, -0.1) is 0 Å². The van der Waals surface area contributed by atoms with E-state index in [1.807, 2.05) is 71.8 Å². The van der Waals surface area contributed by atoms with E-state index in [0.717, 1.165) is 53.9 Å². The molecule has 1 aromatic heterocycles. The van der Waals surface area contributed by atoms with Crippen molar-refractivity contribution in [3.8, 4) is 17.0 Å². The van der Waals surface area contributed by atoms with E-state index < -0.39 is 0 Å². The maximum Gasteiger partial charge on any atom is 0.227 e. The number of likely N-dealkylation sites (tertiary alicyclic amines) is 1. The number of benzene rings is 2. The first kappa shape index (κ1) is 19.2. The number of amides is 1. The first-order valence-electron chi connectivity index (χ1n) is 10.2. The van der Waals surface area contributed by atoms with Crippen LogP contribution in [0.25, 0.3) is 11.3 Å². The van der Waals surface area contributed by atoms with E-state index in [1.165, 1.54) is 0 Å². The molecule has 4 rings (SSSR count). The molecule has 148 valence electrons. The molecule has 1 amide bonds. The second-order valence-electron chi connectivity index (χ2n) is 7.47. The smallest absolute Gasteiger partial charge is 0.227 e. The van der Waals surface area contributed by atoms with Gasteiger partial charge >= 0.3 is 0 Å². The largest absolute Gasteiger partial charge is 0.497 e. The number of carbonyl (C=O) groups excluding carboxylic acids is 1. The van der Waals surface area contributed by atoms with Crippen molar-refractivity contribution < 1.29 is 9.53 Å². The summed E-state index contributed by atoms with van der Waals surface area (Å²) in [6, 6.07) is 22.1. The zero-order valence-corrected chi connectivity index (χ0v) is 16.8. The van der Waals surface area contributed by atoms with Crippen molar-refractivity contribution in [3.05, 3.63) is 84.1 Å². The van der Waals surface area contributed by atoms with E-state index in [2.05, 4.69) is 11.1 Å². The maximum atomic E-state index is 13.0. The van der Waals surface area contributed by atoms with E-state index >= 15 is 0 Å². The lowest BCUT2D eigenvalue weighted by molar-refractivity contribution is -0.134. The predicted octanol–water partition coefficient (Wildman–Crippen LogP) is 5.05. The minimum absolute atomic E-state index is 0.104. The molecule has 0 spiro atoms. The van der Waals surface area contributed by atoms with Crippen LogP contribution in [0.3, 0.4) is 0 Å². The highest BCUT2D eigenvalue weighted by atomic mass is 16.5. The van der Waals surface area contributed by atoms with Gasteiger partial charge in [0.25, 0.3) is 0 Å². The van der Waals surface area contributed by atoms with E-state index in [1.54, 1.807) is 7.11 Å². The van der Waals surface area contributed by atoms with Crippen LogP contribution in [0.5, 0.6) is 5.75 Å². The van der Waals surface area contributed by atoms with Crippen LogP contribution in [-0.2, 0) is 11.2 Å². The van der Waals surface area contributed by atoms with Gasteiger partial charge in [0.1, 0.15) is 5.75 Å². The third kappa shape index (κ3) is 4.48. The summed E-state index contributed by atoms with van der Waals surface area (Å²) in [5.74, 6) is 1.01. The van der Waals surface area contributed by atoms with Crippen LogP contribution < -0.4 is 4.74 Å². The molecular formula is C25H26N2O2. The third-order valence-electron chi connectivity index (χ3n) is 5.56. The Morgan fingerprint density at radius 3 is 2.69 bits per heavy atom. The molecule has 1 aliphatic heterocycles. The number of nitrogens with zero attached hydrogens (tertiary/aromatic N) is 2. The standard InChI is InChI=1S/C25H26N2O2/c1-29-22-11-7-10-20(17-22)23-14-13-21(18-26-23)24-12-5-6-15-27(24)25(28)16-19-8-3-2-4-9-19/h2-4,7-11,13-14,17-18,24H,5-6,12,15-16H2,1H3. The summed E-state index contributed by atoms with van der Waals surface area (Å²) in [4.78, 5) is 19.7. The number of methoxy groups -OCH3 is 1. The Morgan fingerprint density at radius 2 is 1.93 bits per heavy atom. The van der Waals surface area contributed by atoms with Crippen LogP contribution in [-0.4, -0.2) is 29.4 Å². The van der Waals surface area contributed by atoms with E-state index in [-0.39, 0.29) is 11.9 Å². The number of piperidine rings is 1. The lowest BCUT2D eigenvalue weighted by Gasteiger charge is -2.36. The van der Waals surface area contributed by atoms with Crippen LogP contribution in [0.1, 0.15) is 36.4 Å². The predicted molar refractivity (Wildman–Crippen MR) is 115 cm³/mol. The van der Waals surface area contributed by atoms with Gasteiger partial charge in [0, 0.05) is 18.3 Å². The maximum absolute atomic E-state index is 13.0. The van der Waals surface area contributed by atoms with Gasteiger partial charge in [-0.25, -0.2) is 0 Å². The molecule has 1 aliphatic rings. The molecule has 4 nitrogen and oxygen atoms in total. The van der Waals surface area contributed by atoms with Gasteiger partial charge in [0.05, 0.1) is 25.3 Å². The Morgan fingerprint density at radius 1 is 1.07 bits per heavy atom. The summed E-state index contributed by atoms with van der Waals surface area (Å²) in [5.41, 5.74) is 4.10. The molecule has 1 atom stereocenters. The number of hydrogen-bond acceptors (Lipinski definition) is 3. The monoisotopic (exact) mass is 386 g/mol. The fraction of sp³-hybridized carbons (Fsp3) is 0.280. The van der Waals surface area contributed by atoms with Crippen LogP contribution in [0, 0.1) is 0 Å². The van der Waals surface area contributed by atoms with Crippen molar-refractivity contribution in [1.82, 2.24) is 9.88 Å². The Balaban J connectivity index is 1.53. The third-order valence-corrected chi connectivity index (χ3v) is 5.56. The molecule has 2 heterocycles. The van der Waals surface area contributed by atoms with Crippen molar-refractivity contribution in [2.24, 2.45) is 0 Å². The lowest BCUT2D eigenvalue weighted by atomic mass is 9.95. The normalized spacial score (nSPS) is 16.4. The summed E-state index contributed by atoms with van der Waals surface area (Å²) in [6.45, 7) is 0.813. The highest BCUT2D eigenvalue weighted by molar-refractivity contribution is 5.79. The molecule has 0 radical (unpaired) electrons. The Hall–Kier alpha value is -3.14. The minimum atomic E-state index is 0.104. The number of rotatable bonds is 5. The highest BCUT2D eigenvalue weighted by Crippen LogP contribution is 2.32. The van der Waals surface area contributed by atoms with Gasteiger partial charge in [-0.05, 0) is 48.6 Å². The van der Waals surface area contributed by atoms with Gasteiger partial charge in [-0.2, -0.15) is 0 Å².